The highest BCUT2D eigenvalue weighted by atomic mass is 35.5. The number of nitrogens with one attached hydrogen (secondary N) is 2. The van der Waals surface area contributed by atoms with E-state index in [1.807, 2.05) is 24.4 Å². The Bertz CT molecular complexity index is 526. The van der Waals surface area contributed by atoms with Crippen LogP contribution in [0.25, 0.3) is 0 Å². The van der Waals surface area contributed by atoms with Gasteiger partial charge in [0, 0.05) is 12.4 Å². The Morgan fingerprint density at radius 3 is 2.55 bits per heavy atom. The van der Waals surface area contributed by atoms with Gasteiger partial charge in [-0.05, 0) is 61.7 Å². The average Bonchev–Trinajstić information content (AvgIpc) is 2.49. The molecule has 0 atom stereocenters. The van der Waals surface area contributed by atoms with E-state index in [0.29, 0.717) is 5.92 Å². The van der Waals surface area contributed by atoms with E-state index in [1.165, 1.54) is 18.4 Å². The fraction of sp³-hybridized carbons (Fsp3) is 0.333. The smallest absolute Gasteiger partial charge is 0.131 e. The third kappa shape index (κ3) is 3.68. The molecule has 1 aliphatic heterocycles. The van der Waals surface area contributed by atoms with Gasteiger partial charge in [0.15, 0.2) is 0 Å². The normalized spacial score (nSPS) is 15.4. The molecule has 0 saturated carbocycles. The average molecular weight is 291 g/mol. The van der Waals surface area contributed by atoms with Crippen LogP contribution >= 0.6 is 12.4 Å². The van der Waals surface area contributed by atoms with Gasteiger partial charge in [0.1, 0.15) is 11.6 Å². The molecule has 5 heteroatoms. The summed E-state index contributed by atoms with van der Waals surface area (Å²) < 4.78 is 0. The first-order valence-corrected chi connectivity index (χ1v) is 6.76. The molecule has 1 saturated heterocycles. The van der Waals surface area contributed by atoms with E-state index in [9.17, 15) is 0 Å². The third-order valence-electron chi connectivity index (χ3n) is 3.52. The number of piperidine rings is 1. The zero-order chi connectivity index (χ0) is 12.9. The lowest BCUT2D eigenvalue weighted by Crippen LogP contribution is -2.26. The summed E-state index contributed by atoms with van der Waals surface area (Å²) in [6, 6.07) is 10.1. The van der Waals surface area contributed by atoms with E-state index in [1.54, 1.807) is 6.20 Å². The standard InChI is InChI=1S/C15H18N4.ClH/c1-2-7-17-14(3-1)19-15-11-13(6-10-18-15)12-4-8-16-9-5-12;/h1-3,6-7,10-12,16H,4-5,8-9H2,(H,17,18,19);1H. The molecule has 20 heavy (non-hydrogen) atoms. The van der Waals surface area contributed by atoms with Crippen molar-refractivity contribution < 1.29 is 0 Å². The number of aromatic nitrogens is 2. The first-order chi connectivity index (χ1) is 9.42. The van der Waals surface area contributed by atoms with Crippen LogP contribution in [0.5, 0.6) is 0 Å². The van der Waals surface area contributed by atoms with Crippen LogP contribution in [0, 0.1) is 0 Å². The summed E-state index contributed by atoms with van der Waals surface area (Å²) in [4.78, 5) is 8.62. The fourth-order valence-electron chi connectivity index (χ4n) is 2.49. The van der Waals surface area contributed by atoms with Gasteiger partial charge in [0.2, 0.25) is 0 Å². The summed E-state index contributed by atoms with van der Waals surface area (Å²) in [5.41, 5.74) is 1.37. The maximum atomic E-state index is 4.36. The van der Waals surface area contributed by atoms with Crippen molar-refractivity contribution >= 4 is 24.0 Å². The second-order valence-corrected chi connectivity index (χ2v) is 4.84. The first-order valence-electron chi connectivity index (χ1n) is 6.76. The summed E-state index contributed by atoms with van der Waals surface area (Å²) in [7, 11) is 0. The summed E-state index contributed by atoms with van der Waals surface area (Å²) in [6.07, 6.45) is 6.06. The van der Waals surface area contributed by atoms with Gasteiger partial charge in [-0.1, -0.05) is 6.07 Å². The highest BCUT2D eigenvalue weighted by Gasteiger charge is 2.15. The Labute approximate surface area is 125 Å². The van der Waals surface area contributed by atoms with Crippen molar-refractivity contribution in [2.45, 2.75) is 18.8 Å². The monoisotopic (exact) mass is 290 g/mol. The van der Waals surface area contributed by atoms with E-state index in [4.69, 9.17) is 0 Å². The number of anilines is 2. The van der Waals surface area contributed by atoms with Crippen molar-refractivity contribution in [2.75, 3.05) is 18.4 Å². The third-order valence-corrected chi connectivity index (χ3v) is 3.52. The van der Waals surface area contributed by atoms with Crippen LogP contribution in [0.2, 0.25) is 0 Å². The van der Waals surface area contributed by atoms with Gasteiger partial charge in [-0.25, -0.2) is 9.97 Å². The molecule has 2 aromatic heterocycles. The van der Waals surface area contributed by atoms with Crippen LogP contribution in [0.3, 0.4) is 0 Å². The lowest BCUT2D eigenvalue weighted by Gasteiger charge is -2.23. The molecular formula is C15H19ClN4. The van der Waals surface area contributed by atoms with E-state index in [0.717, 1.165) is 24.7 Å². The number of rotatable bonds is 3. The van der Waals surface area contributed by atoms with Gasteiger partial charge in [0.25, 0.3) is 0 Å². The maximum Gasteiger partial charge on any atom is 0.131 e. The number of pyridine rings is 2. The second kappa shape index (κ2) is 7.22. The van der Waals surface area contributed by atoms with Gasteiger partial charge in [-0.2, -0.15) is 0 Å². The van der Waals surface area contributed by atoms with Crippen molar-refractivity contribution in [3.8, 4) is 0 Å². The van der Waals surface area contributed by atoms with Gasteiger partial charge < -0.3 is 10.6 Å². The molecule has 0 aromatic carbocycles. The number of nitrogens with zero attached hydrogens (tertiary/aromatic N) is 2. The summed E-state index contributed by atoms with van der Waals surface area (Å²) in [5, 5.41) is 6.64. The van der Waals surface area contributed by atoms with Crippen molar-refractivity contribution in [2.24, 2.45) is 0 Å². The molecule has 0 amide bonds. The van der Waals surface area contributed by atoms with Crippen LogP contribution in [0.4, 0.5) is 11.6 Å². The zero-order valence-corrected chi connectivity index (χ0v) is 12.1. The molecule has 0 radical (unpaired) electrons. The van der Waals surface area contributed by atoms with Crippen molar-refractivity contribution in [1.29, 1.82) is 0 Å². The number of hydrogen-bond donors (Lipinski definition) is 2. The summed E-state index contributed by atoms with van der Waals surface area (Å²) >= 11 is 0. The van der Waals surface area contributed by atoms with Crippen molar-refractivity contribution in [3.05, 3.63) is 48.3 Å². The van der Waals surface area contributed by atoms with Gasteiger partial charge >= 0.3 is 0 Å². The molecule has 0 unspecified atom stereocenters. The number of halogens is 1. The van der Waals surface area contributed by atoms with Gasteiger partial charge in [-0.3, -0.25) is 0 Å². The fourth-order valence-corrected chi connectivity index (χ4v) is 2.49. The Balaban J connectivity index is 0.00000147. The predicted octanol–water partition coefficient (Wildman–Crippen LogP) is 3.11. The molecule has 0 aliphatic carbocycles. The second-order valence-electron chi connectivity index (χ2n) is 4.84. The van der Waals surface area contributed by atoms with Crippen molar-refractivity contribution in [3.63, 3.8) is 0 Å². The SMILES string of the molecule is Cl.c1ccc(Nc2cc(C3CCNCC3)ccn2)nc1. The molecule has 2 aromatic rings. The lowest BCUT2D eigenvalue weighted by atomic mass is 9.91. The van der Waals surface area contributed by atoms with Crippen molar-refractivity contribution in [1.82, 2.24) is 15.3 Å². The first kappa shape index (κ1) is 14.8. The highest BCUT2D eigenvalue weighted by molar-refractivity contribution is 5.85. The molecule has 2 N–H and O–H groups in total. The van der Waals surface area contributed by atoms with E-state index < -0.39 is 0 Å². The molecule has 4 nitrogen and oxygen atoms in total. The van der Waals surface area contributed by atoms with Crippen LogP contribution in [-0.2, 0) is 0 Å². The Kier molecular flexibility index (Phi) is 5.32. The minimum Gasteiger partial charge on any atom is -0.325 e. The summed E-state index contributed by atoms with van der Waals surface area (Å²) in [6.45, 7) is 2.21. The minimum atomic E-state index is 0. The Hall–Kier alpha value is -1.65. The van der Waals surface area contributed by atoms with E-state index in [2.05, 4.69) is 32.7 Å². The maximum absolute atomic E-state index is 4.36. The van der Waals surface area contributed by atoms with E-state index >= 15 is 0 Å². The Morgan fingerprint density at radius 2 is 1.80 bits per heavy atom. The zero-order valence-electron chi connectivity index (χ0n) is 11.2. The summed E-state index contributed by atoms with van der Waals surface area (Å²) in [5.74, 6) is 2.35. The quantitative estimate of drug-likeness (QED) is 0.912. The van der Waals surface area contributed by atoms with Crippen LogP contribution in [-0.4, -0.2) is 23.1 Å². The highest BCUT2D eigenvalue weighted by Crippen LogP contribution is 2.26. The largest absolute Gasteiger partial charge is 0.325 e. The van der Waals surface area contributed by atoms with Crippen LogP contribution < -0.4 is 10.6 Å². The molecular weight excluding hydrogens is 272 g/mol. The van der Waals surface area contributed by atoms with Gasteiger partial charge in [-0.15, -0.1) is 12.4 Å². The van der Waals surface area contributed by atoms with Gasteiger partial charge in [0.05, 0.1) is 0 Å². The van der Waals surface area contributed by atoms with E-state index in [-0.39, 0.29) is 12.4 Å². The lowest BCUT2D eigenvalue weighted by molar-refractivity contribution is 0.460. The molecule has 1 fully saturated rings. The molecule has 0 bridgehead atoms. The van der Waals surface area contributed by atoms with Crippen LogP contribution in [0.1, 0.15) is 24.3 Å². The molecule has 1 aliphatic rings. The minimum absolute atomic E-state index is 0. The molecule has 3 heterocycles. The predicted molar refractivity (Wildman–Crippen MR) is 83.8 cm³/mol. The molecule has 0 spiro atoms. The molecule has 3 rings (SSSR count). The molecule has 106 valence electrons. The van der Waals surface area contributed by atoms with Crippen LogP contribution in [0.15, 0.2) is 42.7 Å². The number of hydrogen-bond acceptors (Lipinski definition) is 4. The topological polar surface area (TPSA) is 49.8 Å². The Morgan fingerprint density at radius 1 is 1.00 bits per heavy atom.